The van der Waals surface area contributed by atoms with E-state index in [4.69, 9.17) is 10.5 Å². The molecule has 1 atom stereocenters. The second-order valence-electron chi connectivity index (χ2n) is 6.28. The number of ether oxygens (including phenoxy) is 1. The highest BCUT2D eigenvalue weighted by Crippen LogP contribution is 2.44. The van der Waals surface area contributed by atoms with Gasteiger partial charge in [0.1, 0.15) is 23.2 Å². The van der Waals surface area contributed by atoms with Gasteiger partial charge in [0.2, 0.25) is 5.88 Å². The molecule has 1 aliphatic rings. The molecule has 0 fully saturated rings. The summed E-state index contributed by atoms with van der Waals surface area (Å²) in [4.78, 5) is 1.83. The first-order valence-electron chi connectivity index (χ1n) is 7.89. The number of hydrogen-bond donors (Lipinski definition) is 1. The van der Waals surface area contributed by atoms with Gasteiger partial charge in [-0.2, -0.15) is 18.4 Å². The van der Waals surface area contributed by atoms with Gasteiger partial charge in [-0.15, -0.1) is 0 Å². The van der Waals surface area contributed by atoms with Gasteiger partial charge in [0.25, 0.3) is 0 Å². The molecule has 8 heteroatoms. The highest BCUT2D eigenvalue weighted by molar-refractivity contribution is 5.61. The Morgan fingerprint density at radius 2 is 1.85 bits per heavy atom. The lowest BCUT2D eigenvalue weighted by atomic mass is 9.83. The van der Waals surface area contributed by atoms with Crippen LogP contribution in [0.5, 0.6) is 5.75 Å². The number of allylic oxidation sites excluding steroid dienone is 1. The number of nitriles is 1. The van der Waals surface area contributed by atoms with Crippen LogP contribution >= 0.6 is 0 Å². The summed E-state index contributed by atoms with van der Waals surface area (Å²) in [5, 5.41) is 9.46. The van der Waals surface area contributed by atoms with E-state index in [2.05, 4.69) is 0 Å². The molecule has 4 nitrogen and oxygen atoms in total. The standard InChI is InChI=1S/C19H15F4N3O/c1-26(2)11-4-5-12-16(8-11)27-18(25)13(9-24)17(12)10-3-6-14(15(20)7-10)19(21,22)23/h3-8,17H,25H2,1-2H3. The molecule has 27 heavy (non-hydrogen) atoms. The van der Waals surface area contributed by atoms with E-state index in [0.717, 1.165) is 17.8 Å². The topological polar surface area (TPSA) is 62.3 Å². The van der Waals surface area contributed by atoms with Crippen LogP contribution < -0.4 is 15.4 Å². The fraction of sp³-hybridized carbons (Fsp3) is 0.211. The smallest absolute Gasteiger partial charge is 0.419 e. The maximum atomic E-state index is 14.1. The Hall–Kier alpha value is -3.21. The summed E-state index contributed by atoms with van der Waals surface area (Å²) < 4.78 is 58.1. The minimum absolute atomic E-state index is 0.0132. The number of anilines is 1. The van der Waals surface area contributed by atoms with E-state index in [9.17, 15) is 22.8 Å². The van der Waals surface area contributed by atoms with Gasteiger partial charge >= 0.3 is 6.18 Å². The van der Waals surface area contributed by atoms with Crippen LogP contribution in [0.1, 0.15) is 22.6 Å². The van der Waals surface area contributed by atoms with Crippen LogP contribution in [0.2, 0.25) is 0 Å². The zero-order valence-corrected chi connectivity index (χ0v) is 14.4. The summed E-state index contributed by atoms with van der Waals surface area (Å²) in [6, 6.07) is 9.68. The first-order chi connectivity index (χ1) is 12.6. The normalized spacial score (nSPS) is 16.4. The molecule has 1 unspecified atom stereocenters. The van der Waals surface area contributed by atoms with E-state index in [1.165, 1.54) is 0 Å². The van der Waals surface area contributed by atoms with Crippen molar-refractivity contribution in [2.45, 2.75) is 12.1 Å². The number of rotatable bonds is 2. The van der Waals surface area contributed by atoms with Gasteiger partial charge in [0, 0.05) is 31.4 Å². The number of nitrogens with zero attached hydrogens (tertiary/aromatic N) is 2. The van der Waals surface area contributed by atoms with Crippen LogP contribution in [0.15, 0.2) is 47.9 Å². The van der Waals surface area contributed by atoms with E-state index in [-0.39, 0.29) is 17.0 Å². The molecular formula is C19H15F4N3O. The summed E-state index contributed by atoms with van der Waals surface area (Å²) >= 11 is 0. The second kappa shape index (κ2) is 6.50. The molecule has 1 heterocycles. The minimum Gasteiger partial charge on any atom is -0.440 e. The van der Waals surface area contributed by atoms with Crippen LogP contribution in [-0.4, -0.2) is 14.1 Å². The van der Waals surface area contributed by atoms with Crippen LogP contribution in [0.4, 0.5) is 23.2 Å². The number of nitrogens with two attached hydrogens (primary N) is 1. The fourth-order valence-electron chi connectivity index (χ4n) is 3.01. The first kappa shape index (κ1) is 18.6. The molecule has 0 amide bonds. The van der Waals surface area contributed by atoms with Crippen molar-refractivity contribution in [3.8, 4) is 11.8 Å². The molecule has 3 rings (SSSR count). The molecule has 0 aliphatic carbocycles. The average Bonchev–Trinajstić information content (AvgIpc) is 2.58. The summed E-state index contributed by atoms with van der Waals surface area (Å²) in [5.74, 6) is -2.03. The maximum absolute atomic E-state index is 14.1. The number of fused-ring (bicyclic) bond motifs is 1. The summed E-state index contributed by atoms with van der Waals surface area (Å²) in [7, 11) is 3.65. The van der Waals surface area contributed by atoms with Crippen LogP contribution in [0, 0.1) is 17.1 Å². The van der Waals surface area contributed by atoms with Crippen LogP contribution in [0.25, 0.3) is 0 Å². The Kier molecular flexibility index (Phi) is 4.47. The molecule has 0 saturated carbocycles. The van der Waals surface area contributed by atoms with E-state index in [1.54, 1.807) is 18.2 Å². The molecule has 0 aromatic heterocycles. The molecule has 1 aliphatic heterocycles. The number of benzene rings is 2. The fourth-order valence-corrected chi connectivity index (χ4v) is 3.01. The van der Waals surface area contributed by atoms with Crippen molar-refractivity contribution in [3.05, 3.63) is 70.4 Å². The molecular weight excluding hydrogens is 362 g/mol. The summed E-state index contributed by atoms with van der Waals surface area (Å²) in [6.45, 7) is 0. The molecule has 140 valence electrons. The Morgan fingerprint density at radius 3 is 2.41 bits per heavy atom. The van der Waals surface area contributed by atoms with Crippen molar-refractivity contribution in [1.29, 1.82) is 5.26 Å². The summed E-state index contributed by atoms with van der Waals surface area (Å²) in [6.07, 6.45) is -4.80. The Morgan fingerprint density at radius 1 is 1.15 bits per heavy atom. The third-order valence-corrected chi connectivity index (χ3v) is 4.35. The van der Waals surface area contributed by atoms with E-state index >= 15 is 0 Å². The predicted octanol–water partition coefficient (Wildman–Crippen LogP) is 4.13. The first-order valence-corrected chi connectivity index (χ1v) is 7.89. The van der Waals surface area contributed by atoms with Gasteiger partial charge in [-0.05, 0) is 23.8 Å². The zero-order chi connectivity index (χ0) is 19.9. The van der Waals surface area contributed by atoms with Crippen molar-refractivity contribution < 1.29 is 22.3 Å². The van der Waals surface area contributed by atoms with Crippen LogP contribution in [-0.2, 0) is 6.18 Å². The average molecular weight is 377 g/mol. The van der Waals surface area contributed by atoms with Crippen LogP contribution in [0.3, 0.4) is 0 Å². The van der Waals surface area contributed by atoms with Gasteiger partial charge < -0.3 is 15.4 Å². The van der Waals surface area contributed by atoms with E-state index in [0.29, 0.717) is 17.4 Å². The predicted molar refractivity (Wildman–Crippen MR) is 91.5 cm³/mol. The SMILES string of the molecule is CN(C)c1ccc2c(c1)OC(N)=C(C#N)C2c1ccc(C(F)(F)F)c(F)c1. The zero-order valence-electron chi connectivity index (χ0n) is 14.4. The van der Waals surface area contributed by atoms with Crippen molar-refractivity contribution in [2.24, 2.45) is 5.73 Å². The van der Waals surface area contributed by atoms with Crippen molar-refractivity contribution in [2.75, 3.05) is 19.0 Å². The molecule has 0 spiro atoms. The number of halogens is 4. The van der Waals surface area contributed by atoms with Gasteiger partial charge in [-0.25, -0.2) is 4.39 Å². The highest BCUT2D eigenvalue weighted by Gasteiger charge is 2.36. The monoisotopic (exact) mass is 377 g/mol. The lowest BCUT2D eigenvalue weighted by molar-refractivity contribution is -0.140. The minimum atomic E-state index is -4.80. The van der Waals surface area contributed by atoms with Gasteiger partial charge in [-0.3, -0.25) is 0 Å². The molecule has 2 aromatic rings. The lowest BCUT2D eigenvalue weighted by Gasteiger charge is -2.28. The quantitative estimate of drug-likeness (QED) is 0.800. The largest absolute Gasteiger partial charge is 0.440 e. The van der Waals surface area contributed by atoms with Crippen molar-refractivity contribution in [1.82, 2.24) is 0 Å². The third kappa shape index (κ3) is 3.28. The van der Waals surface area contributed by atoms with Gasteiger partial charge in [-0.1, -0.05) is 12.1 Å². The Labute approximate surface area is 153 Å². The van der Waals surface area contributed by atoms with E-state index < -0.39 is 23.5 Å². The lowest BCUT2D eigenvalue weighted by Crippen LogP contribution is -2.22. The van der Waals surface area contributed by atoms with Crippen molar-refractivity contribution in [3.63, 3.8) is 0 Å². The molecule has 2 N–H and O–H groups in total. The Bertz CT molecular complexity index is 974. The highest BCUT2D eigenvalue weighted by atomic mass is 19.4. The van der Waals surface area contributed by atoms with Gasteiger partial charge in [0.05, 0.1) is 11.5 Å². The van der Waals surface area contributed by atoms with Gasteiger partial charge in [0.15, 0.2) is 0 Å². The molecule has 2 aromatic carbocycles. The Balaban J connectivity index is 2.17. The third-order valence-electron chi connectivity index (χ3n) is 4.35. The van der Waals surface area contributed by atoms with Crippen molar-refractivity contribution >= 4 is 5.69 Å². The summed E-state index contributed by atoms with van der Waals surface area (Å²) in [5.41, 5.74) is 6.00. The molecule has 0 bridgehead atoms. The number of hydrogen-bond acceptors (Lipinski definition) is 4. The molecule has 0 saturated heterocycles. The number of alkyl halides is 3. The second-order valence-corrected chi connectivity index (χ2v) is 6.28. The van der Waals surface area contributed by atoms with E-state index in [1.807, 2.05) is 25.1 Å². The maximum Gasteiger partial charge on any atom is 0.419 e. The molecule has 0 radical (unpaired) electrons.